The Bertz CT molecular complexity index is 1170. The van der Waals surface area contributed by atoms with Gasteiger partial charge in [0.15, 0.2) is 4.96 Å². The van der Waals surface area contributed by atoms with Gasteiger partial charge in [0.05, 0.1) is 6.04 Å². The van der Waals surface area contributed by atoms with Gasteiger partial charge >= 0.3 is 0 Å². The molecule has 0 bridgehead atoms. The van der Waals surface area contributed by atoms with E-state index in [0.717, 1.165) is 17.9 Å². The maximum atomic E-state index is 13.6. The summed E-state index contributed by atoms with van der Waals surface area (Å²) in [5.74, 6) is 0.587. The lowest BCUT2D eigenvalue weighted by Crippen LogP contribution is -2.43. The van der Waals surface area contributed by atoms with E-state index in [9.17, 15) is 4.79 Å². The number of H-pyrrole nitrogens is 1. The molecule has 0 radical (unpaired) electrons. The first kappa shape index (κ1) is 17.3. The van der Waals surface area contributed by atoms with E-state index >= 15 is 0 Å². The molecule has 1 saturated carbocycles. The Morgan fingerprint density at radius 3 is 2.90 bits per heavy atom. The molecular weight excluding hydrogens is 380 g/mol. The van der Waals surface area contributed by atoms with Crippen molar-refractivity contribution in [2.75, 3.05) is 6.54 Å². The average molecular weight is 405 g/mol. The number of nitrogens with zero attached hydrogens (tertiary/aromatic N) is 3. The molecule has 1 N–H and O–H groups in total. The second-order valence-electron chi connectivity index (χ2n) is 8.37. The summed E-state index contributed by atoms with van der Waals surface area (Å²) in [5.41, 5.74) is 4.43. The molecule has 0 saturated heterocycles. The fraction of sp³-hybridized carbons (Fsp3) is 0.391. The molecule has 1 fully saturated rings. The molecule has 5 nitrogen and oxygen atoms in total. The van der Waals surface area contributed by atoms with Crippen molar-refractivity contribution in [3.8, 4) is 0 Å². The summed E-state index contributed by atoms with van der Waals surface area (Å²) >= 11 is 1.57. The van der Waals surface area contributed by atoms with Crippen molar-refractivity contribution >= 4 is 33.1 Å². The fourth-order valence-corrected chi connectivity index (χ4v) is 6.12. The van der Waals surface area contributed by atoms with Crippen LogP contribution in [0.3, 0.4) is 0 Å². The summed E-state index contributed by atoms with van der Waals surface area (Å²) in [6.07, 6.45) is 11.0. The minimum atomic E-state index is 0.0702. The number of hydrogen-bond donors (Lipinski definition) is 1. The van der Waals surface area contributed by atoms with Gasteiger partial charge in [-0.1, -0.05) is 37.5 Å². The van der Waals surface area contributed by atoms with E-state index in [1.165, 1.54) is 54.3 Å². The normalized spacial score (nSPS) is 20.4. The Morgan fingerprint density at radius 2 is 2.03 bits per heavy atom. The van der Waals surface area contributed by atoms with E-state index in [1.54, 1.807) is 11.3 Å². The number of carbonyl (C=O) groups is 1. The highest BCUT2D eigenvalue weighted by Crippen LogP contribution is 2.44. The lowest BCUT2D eigenvalue weighted by molar-refractivity contribution is 0.0528. The van der Waals surface area contributed by atoms with E-state index in [0.29, 0.717) is 11.6 Å². The molecule has 6 heteroatoms. The quantitative estimate of drug-likeness (QED) is 0.499. The number of hydrogen-bond acceptors (Lipinski definition) is 3. The number of para-hydroxylation sites is 1. The van der Waals surface area contributed by atoms with Crippen LogP contribution in [0, 0.1) is 5.92 Å². The van der Waals surface area contributed by atoms with Crippen molar-refractivity contribution in [2.45, 2.75) is 44.6 Å². The Morgan fingerprint density at radius 1 is 1.17 bits per heavy atom. The van der Waals surface area contributed by atoms with Crippen LogP contribution in [0.15, 0.2) is 42.0 Å². The van der Waals surface area contributed by atoms with Crippen molar-refractivity contribution < 1.29 is 4.79 Å². The third kappa shape index (κ3) is 2.73. The number of imidazole rings is 1. The lowest BCUT2D eigenvalue weighted by Gasteiger charge is -2.41. The maximum Gasteiger partial charge on any atom is 0.274 e. The monoisotopic (exact) mass is 404 g/mol. The Kier molecular flexibility index (Phi) is 4.01. The topological polar surface area (TPSA) is 53.4 Å². The van der Waals surface area contributed by atoms with Crippen LogP contribution in [0.1, 0.15) is 59.9 Å². The summed E-state index contributed by atoms with van der Waals surface area (Å²) < 4.78 is 1.95. The van der Waals surface area contributed by atoms with Crippen LogP contribution in [0.25, 0.3) is 15.9 Å². The van der Waals surface area contributed by atoms with E-state index < -0.39 is 0 Å². The van der Waals surface area contributed by atoms with Gasteiger partial charge in [-0.2, -0.15) is 0 Å². The molecule has 1 atom stereocenters. The molecule has 0 spiro atoms. The number of nitrogens with one attached hydrogen (secondary N) is 1. The SMILES string of the molecule is O=C(c1cn2ccsc2n1)N1CCc2c([nH]c3ccccc23)[C@@H]1C1CCCCC1. The minimum Gasteiger partial charge on any atom is -0.356 e. The standard InChI is InChI=1S/C23H24N4OS/c28-22(19-14-26-12-13-29-23(26)25-19)27-11-10-17-16-8-4-5-9-18(16)24-20(17)21(27)15-6-2-1-3-7-15/h4-5,8-9,12-15,21,24H,1-3,6-7,10-11H2/t21-/m0/s1. The highest BCUT2D eigenvalue weighted by Gasteiger charge is 2.39. The Labute approximate surface area is 173 Å². The third-order valence-electron chi connectivity index (χ3n) is 6.75. The highest BCUT2D eigenvalue weighted by molar-refractivity contribution is 7.15. The zero-order chi connectivity index (χ0) is 19.4. The van der Waals surface area contributed by atoms with Crippen molar-refractivity contribution in [1.82, 2.24) is 19.3 Å². The van der Waals surface area contributed by atoms with Crippen LogP contribution in [-0.2, 0) is 6.42 Å². The largest absolute Gasteiger partial charge is 0.356 e. The van der Waals surface area contributed by atoms with Gasteiger partial charge < -0.3 is 9.88 Å². The molecule has 1 aliphatic heterocycles. The summed E-state index contributed by atoms with van der Waals surface area (Å²) in [6, 6.07) is 8.69. The Balaban J connectivity index is 1.44. The first-order valence-electron chi connectivity index (χ1n) is 10.6. The molecule has 6 rings (SSSR count). The van der Waals surface area contributed by atoms with Crippen LogP contribution in [0.2, 0.25) is 0 Å². The number of rotatable bonds is 2. The molecule has 2 aliphatic rings. The molecule has 29 heavy (non-hydrogen) atoms. The van der Waals surface area contributed by atoms with Gasteiger partial charge in [0.1, 0.15) is 5.69 Å². The summed E-state index contributed by atoms with van der Waals surface area (Å²) in [7, 11) is 0. The van der Waals surface area contributed by atoms with Gasteiger partial charge in [-0.25, -0.2) is 4.98 Å². The van der Waals surface area contributed by atoms with Gasteiger partial charge in [-0.15, -0.1) is 11.3 Å². The van der Waals surface area contributed by atoms with E-state index in [1.807, 2.05) is 22.2 Å². The van der Waals surface area contributed by atoms with Crippen LogP contribution in [0.5, 0.6) is 0 Å². The zero-order valence-electron chi connectivity index (χ0n) is 16.3. The number of thiazole rings is 1. The number of benzene rings is 1. The molecule has 3 aromatic heterocycles. The van der Waals surface area contributed by atoms with Gasteiger partial charge in [-0.05, 0) is 36.8 Å². The van der Waals surface area contributed by atoms with Crippen LogP contribution in [0.4, 0.5) is 0 Å². The van der Waals surface area contributed by atoms with Gasteiger partial charge in [0.25, 0.3) is 5.91 Å². The molecule has 4 heterocycles. The fourth-order valence-electron chi connectivity index (χ4n) is 5.42. The molecule has 1 aromatic carbocycles. The minimum absolute atomic E-state index is 0.0702. The molecule has 1 aliphatic carbocycles. The molecule has 0 unspecified atom stereocenters. The molecule has 4 aromatic rings. The number of carbonyl (C=O) groups excluding carboxylic acids is 1. The van der Waals surface area contributed by atoms with Crippen LogP contribution < -0.4 is 0 Å². The summed E-state index contributed by atoms with van der Waals surface area (Å²) in [5, 5.41) is 3.32. The average Bonchev–Trinajstić information content (AvgIpc) is 3.46. The van der Waals surface area contributed by atoms with Gasteiger partial charge in [-0.3, -0.25) is 9.20 Å². The maximum absolute atomic E-state index is 13.6. The van der Waals surface area contributed by atoms with Crippen molar-refractivity contribution in [2.24, 2.45) is 5.92 Å². The second-order valence-corrected chi connectivity index (χ2v) is 9.25. The zero-order valence-corrected chi connectivity index (χ0v) is 17.1. The number of amides is 1. The number of aromatic nitrogens is 3. The summed E-state index contributed by atoms with van der Waals surface area (Å²) in [6.45, 7) is 0.764. The molecule has 1 amide bonds. The number of fused-ring (bicyclic) bond motifs is 4. The lowest BCUT2D eigenvalue weighted by atomic mass is 9.79. The van der Waals surface area contributed by atoms with Gasteiger partial charge in [0.2, 0.25) is 0 Å². The first-order chi connectivity index (χ1) is 14.3. The van der Waals surface area contributed by atoms with Crippen molar-refractivity contribution in [3.63, 3.8) is 0 Å². The first-order valence-corrected chi connectivity index (χ1v) is 11.5. The molecular formula is C23H24N4OS. The smallest absolute Gasteiger partial charge is 0.274 e. The predicted octanol–water partition coefficient (Wildman–Crippen LogP) is 5.20. The van der Waals surface area contributed by atoms with Crippen molar-refractivity contribution in [3.05, 3.63) is 59.0 Å². The van der Waals surface area contributed by atoms with Gasteiger partial charge in [0, 0.05) is 40.9 Å². The van der Waals surface area contributed by atoms with Crippen LogP contribution >= 0.6 is 11.3 Å². The third-order valence-corrected chi connectivity index (χ3v) is 7.52. The van der Waals surface area contributed by atoms with Crippen LogP contribution in [-0.4, -0.2) is 31.7 Å². The second kappa shape index (κ2) is 6.73. The van der Waals surface area contributed by atoms with E-state index in [-0.39, 0.29) is 11.9 Å². The van der Waals surface area contributed by atoms with E-state index in [4.69, 9.17) is 0 Å². The highest BCUT2D eigenvalue weighted by atomic mass is 32.1. The van der Waals surface area contributed by atoms with E-state index in [2.05, 4.69) is 39.1 Å². The predicted molar refractivity (Wildman–Crippen MR) is 115 cm³/mol. The number of aromatic amines is 1. The Hall–Kier alpha value is -2.60. The molecule has 148 valence electrons. The van der Waals surface area contributed by atoms with Crippen molar-refractivity contribution in [1.29, 1.82) is 0 Å². The summed E-state index contributed by atoms with van der Waals surface area (Å²) in [4.78, 5) is 24.9.